The fourth-order valence-corrected chi connectivity index (χ4v) is 6.24. The van der Waals surface area contributed by atoms with E-state index in [2.05, 4.69) is 13.8 Å². The normalized spacial score (nSPS) is 55.0. The van der Waals surface area contributed by atoms with Gasteiger partial charge >= 0.3 is 0 Å². The molecule has 4 rings (SSSR count). The Balaban J connectivity index is 1.46. The van der Waals surface area contributed by atoms with E-state index in [-0.39, 0.29) is 17.4 Å². The van der Waals surface area contributed by atoms with Crippen molar-refractivity contribution in [1.82, 2.24) is 0 Å². The Bertz CT molecular complexity index is 718. The maximum Gasteiger partial charge on any atom is 0.186 e. The zero-order chi connectivity index (χ0) is 25.2. The predicted octanol–water partition coefficient (Wildman–Crippen LogP) is -3.19. The van der Waals surface area contributed by atoms with Gasteiger partial charge in [-0.2, -0.15) is 0 Å². The first-order chi connectivity index (χ1) is 15.9. The molecule has 14 atom stereocenters. The lowest BCUT2D eigenvalue weighted by atomic mass is 9.70. The Hall–Kier alpha value is -0.480. The van der Waals surface area contributed by atoms with E-state index in [1.54, 1.807) is 0 Å². The molecule has 2 aliphatic carbocycles. The molecule has 34 heavy (non-hydrogen) atoms. The van der Waals surface area contributed by atoms with Crippen LogP contribution in [-0.2, 0) is 18.9 Å². The molecule has 0 radical (unpaired) electrons. The quantitative estimate of drug-likeness (QED) is 0.184. The largest absolute Gasteiger partial charge is 0.394 e. The van der Waals surface area contributed by atoms with Gasteiger partial charge in [-0.25, -0.2) is 0 Å². The highest BCUT2D eigenvalue weighted by atomic mass is 16.7. The van der Waals surface area contributed by atoms with Crippen molar-refractivity contribution in [3.8, 4) is 0 Å². The van der Waals surface area contributed by atoms with E-state index in [0.717, 1.165) is 0 Å². The highest BCUT2D eigenvalue weighted by Crippen LogP contribution is 2.67. The summed E-state index contributed by atoms with van der Waals surface area (Å²) >= 11 is 0. The van der Waals surface area contributed by atoms with Crippen LogP contribution in [0, 0.1) is 16.7 Å². The number of fused-ring (bicyclic) bond motifs is 2. The molecule has 0 aromatic rings. The van der Waals surface area contributed by atoms with Gasteiger partial charge < -0.3 is 59.8 Å². The summed E-state index contributed by atoms with van der Waals surface area (Å²) in [6.07, 6.45) is -13.4. The third-order valence-electron chi connectivity index (χ3n) is 8.96. The first kappa shape index (κ1) is 26.6. The van der Waals surface area contributed by atoms with Crippen molar-refractivity contribution in [2.45, 2.75) is 107 Å². The molecule has 0 aromatic heterocycles. The molecular formula is C22H38O12. The molecule has 4 aliphatic rings. The van der Waals surface area contributed by atoms with Crippen molar-refractivity contribution in [3.63, 3.8) is 0 Å². The highest BCUT2D eigenvalue weighted by Gasteiger charge is 2.67. The van der Waals surface area contributed by atoms with E-state index in [0.29, 0.717) is 12.8 Å². The summed E-state index contributed by atoms with van der Waals surface area (Å²) in [4.78, 5) is 0. The van der Waals surface area contributed by atoms with E-state index in [4.69, 9.17) is 18.9 Å². The molecule has 12 heteroatoms. The van der Waals surface area contributed by atoms with Crippen LogP contribution in [0.1, 0.15) is 33.6 Å². The van der Waals surface area contributed by atoms with E-state index in [1.165, 1.54) is 0 Å². The minimum Gasteiger partial charge on any atom is -0.394 e. The van der Waals surface area contributed by atoms with Gasteiger partial charge in [0, 0.05) is 5.41 Å². The summed E-state index contributed by atoms with van der Waals surface area (Å²) < 4.78 is 23.2. The van der Waals surface area contributed by atoms with Crippen LogP contribution >= 0.6 is 0 Å². The predicted molar refractivity (Wildman–Crippen MR) is 112 cm³/mol. The molecule has 0 amide bonds. The summed E-state index contributed by atoms with van der Waals surface area (Å²) in [5, 5.41) is 79.8. The summed E-state index contributed by atoms with van der Waals surface area (Å²) in [6, 6.07) is 0. The van der Waals surface area contributed by atoms with Gasteiger partial charge in [0.1, 0.15) is 48.8 Å². The number of hydrogen-bond acceptors (Lipinski definition) is 12. The third-order valence-corrected chi connectivity index (χ3v) is 8.96. The third kappa shape index (κ3) is 4.01. The van der Waals surface area contributed by atoms with Crippen molar-refractivity contribution < 1.29 is 59.8 Å². The minimum atomic E-state index is -1.53. The van der Waals surface area contributed by atoms with Crippen molar-refractivity contribution >= 4 is 0 Å². The van der Waals surface area contributed by atoms with E-state index in [1.807, 2.05) is 6.92 Å². The van der Waals surface area contributed by atoms with Gasteiger partial charge in [-0.1, -0.05) is 20.8 Å². The molecule has 0 spiro atoms. The lowest BCUT2D eigenvalue weighted by molar-refractivity contribution is -0.327. The first-order valence-electron chi connectivity index (χ1n) is 11.8. The molecule has 198 valence electrons. The monoisotopic (exact) mass is 494 g/mol. The van der Waals surface area contributed by atoms with Crippen LogP contribution in [0.2, 0.25) is 0 Å². The summed E-state index contributed by atoms with van der Waals surface area (Å²) in [6.45, 7) is 5.04. The second-order valence-corrected chi connectivity index (χ2v) is 10.9. The molecule has 2 heterocycles. The molecule has 14 unspecified atom stereocenters. The van der Waals surface area contributed by atoms with Gasteiger partial charge in [-0.15, -0.1) is 0 Å². The molecule has 8 N–H and O–H groups in total. The molecule has 12 nitrogen and oxygen atoms in total. The van der Waals surface area contributed by atoms with Gasteiger partial charge in [0.25, 0.3) is 0 Å². The number of ether oxygens (including phenoxy) is 4. The average Bonchev–Trinajstić information content (AvgIpc) is 3.10. The summed E-state index contributed by atoms with van der Waals surface area (Å²) in [5.41, 5.74) is -0.792. The van der Waals surface area contributed by atoms with Gasteiger partial charge in [0.15, 0.2) is 12.6 Å². The fraction of sp³-hybridized carbons (Fsp3) is 1.00. The highest BCUT2D eigenvalue weighted by molar-refractivity contribution is 5.15. The molecule has 2 saturated carbocycles. The lowest BCUT2D eigenvalue weighted by Gasteiger charge is -2.45. The van der Waals surface area contributed by atoms with E-state index < -0.39 is 86.1 Å². The second kappa shape index (κ2) is 9.43. The van der Waals surface area contributed by atoms with Crippen LogP contribution in [0.25, 0.3) is 0 Å². The van der Waals surface area contributed by atoms with Crippen molar-refractivity contribution in [3.05, 3.63) is 0 Å². The Labute approximate surface area is 197 Å². The first-order valence-corrected chi connectivity index (χ1v) is 11.8. The van der Waals surface area contributed by atoms with Gasteiger partial charge in [-0.3, -0.25) is 0 Å². The molecule has 4 fully saturated rings. The van der Waals surface area contributed by atoms with Crippen LogP contribution in [0.15, 0.2) is 0 Å². The Kier molecular flexibility index (Phi) is 7.38. The number of aliphatic hydroxyl groups is 8. The van der Waals surface area contributed by atoms with Crippen molar-refractivity contribution in [2.75, 3.05) is 13.2 Å². The second-order valence-electron chi connectivity index (χ2n) is 10.9. The van der Waals surface area contributed by atoms with Crippen LogP contribution < -0.4 is 0 Å². The Morgan fingerprint density at radius 1 is 0.706 bits per heavy atom. The standard InChI is InChI=1S/C22H38O12/c1-21(2)8-4-12(34-20-18(30)16(28)14(26)11(7-24)33-20)22(21,3)5-9(8)31-19-17(29)15(27)13(25)10(6-23)32-19/h8-20,23-30H,4-7H2,1-3H3. The molecule has 2 saturated heterocycles. The Morgan fingerprint density at radius 2 is 1.18 bits per heavy atom. The average molecular weight is 495 g/mol. The van der Waals surface area contributed by atoms with E-state index in [9.17, 15) is 40.9 Å². The molecule has 2 aliphatic heterocycles. The van der Waals surface area contributed by atoms with Gasteiger partial charge in [0.05, 0.1) is 25.4 Å². The van der Waals surface area contributed by atoms with Crippen LogP contribution in [0.4, 0.5) is 0 Å². The SMILES string of the molecule is CC1(C)C2CC(OC3OC(CO)C(O)C(O)C3O)C1(C)CC2OC1OC(CO)C(O)C(O)C1O. The van der Waals surface area contributed by atoms with Gasteiger partial charge in [0.2, 0.25) is 0 Å². The topological polar surface area (TPSA) is 199 Å². The van der Waals surface area contributed by atoms with Crippen LogP contribution in [0.3, 0.4) is 0 Å². The molecular weight excluding hydrogens is 456 g/mol. The number of hydrogen-bond donors (Lipinski definition) is 8. The molecule has 0 aromatic carbocycles. The van der Waals surface area contributed by atoms with Crippen molar-refractivity contribution in [1.29, 1.82) is 0 Å². The maximum atomic E-state index is 10.4. The number of rotatable bonds is 6. The van der Waals surface area contributed by atoms with Crippen LogP contribution in [-0.4, -0.2) is 128 Å². The fourth-order valence-electron chi connectivity index (χ4n) is 6.24. The maximum absolute atomic E-state index is 10.4. The summed E-state index contributed by atoms with van der Waals surface area (Å²) in [5.74, 6) is -0.0697. The van der Waals surface area contributed by atoms with E-state index >= 15 is 0 Å². The molecule has 2 bridgehead atoms. The number of aliphatic hydroxyl groups excluding tert-OH is 8. The smallest absolute Gasteiger partial charge is 0.186 e. The van der Waals surface area contributed by atoms with Crippen LogP contribution in [0.5, 0.6) is 0 Å². The summed E-state index contributed by atoms with van der Waals surface area (Å²) in [7, 11) is 0. The minimum absolute atomic E-state index is 0.0697. The van der Waals surface area contributed by atoms with Gasteiger partial charge in [-0.05, 0) is 24.2 Å². The zero-order valence-corrected chi connectivity index (χ0v) is 19.5. The lowest BCUT2D eigenvalue weighted by Crippen LogP contribution is -2.60. The Morgan fingerprint density at radius 3 is 1.59 bits per heavy atom. The van der Waals surface area contributed by atoms with Crippen molar-refractivity contribution in [2.24, 2.45) is 16.7 Å². The zero-order valence-electron chi connectivity index (χ0n) is 19.5.